The van der Waals surface area contributed by atoms with Crippen LogP contribution in [0.2, 0.25) is 5.02 Å². The molecule has 2 aliphatic heterocycles. The third-order valence-electron chi connectivity index (χ3n) is 5.74. The summed E-state index contributed by atoms with van der Waals surface area (Å²) in [6.07, 6.45) is 0.584. The maximum atomic E-state index is 13.0. The van der Waals surface area contributed by atoms with Crippen LogP contribution in [0.25, 0.3) is 0 Å². The van der Waals surface area contributed by atoms with Crippen LogP contribution in [0.5, 0.6) is 0 Å². The maximum Gasteiger partial charge on any atom is 0.267 e. The van der Waals surface area contributed by atoms with Gasteiger partial charge in [-0.1, -0.05) is 35.9 Å². The van der Waals surface area contributed by atoms with Crippen LogP contribution in [0.4, 0.5) is 5.69 Å². The lowest BCUT2D eigenvalue weighted by atomic mass is 10.0. The van der Waals surface area contributed by atoms with E-state index in [4.69, 9.17) is 16.3 Å². The molecule has 4 rings (SSSR count). The molecule has 1 N–H and O–H groups in total. The lowest BCUT2D eigenvalue weighted by Gasteiger charge is -2.35. The average molecular weight is 455 g/mol. The van der Waals surface area contributed by atoms with E-state index in [9.17, 15) is 9.59 Å². The summed E-state index contributed by atoms with van der Waals surface area (Å²) in [6, 6.07) is 15.3. The van der Waals surface area contributed by atoms with E-state index in [-0.39, 0.29) is 24.3 Å². The minimum absolute atomic E-state index is 0.00110. The number of amides is 2. The number of hydrogen-bond acceptors (Lipinski definition) is 5. The zero-order chi connectivity index (χ0) is 22.5. The number of halogens is 1. The zero-order valence-electron chi connectivity index (χ0n) is 18.1. The van der Waals surface area contributed by atoms with E-state index in [1.807, 2.05) is 55.5 Å². The second kappa shape index (κ2) is 10.3. The lowest BCUT2D eigenvalue weighted by Crippen LogP contribution is -2.45. The van der Waals surface area contributed by atoms with Gasteiger partial charge < -0.3 is 10.1 Å². The molecular formula is C24H27ClN4O3. The van der Waals surface area contributed by atoms with Crippen molar-refractivity contribution in [1.29, 1.82) is 0 Å². The highest BCUT2D eigenvalue weighted by molar-refractivity contribution is 6.40. The number of hydrogen-bond donors (Lipinski definition) is 1. The van der Waals surface area contributed by atoms with E-state index in [0.717, 1.165) is 24.2 Å². The molecule has 1 saturated heterocycles. The van der Waals surface area contributed by atoms with Crippen LogP contribution in [0, 0.1) is 6.92 Å². The molecule has 2 aromatic rings. The van der Waals surface area contributed by atoms with Gasteiger partial charge in [0.2, 0.25) is 5.91 Å². The van der Waals surface area contributed by atoms with Gasteiger partial charge in [0.05, 0.1) is 24.9 Å². The summed E-state index contributed by atoms with van der Waals surface area (Å²) in [6.45, 7) is 5.30. The van der Waals surface area contributed by atoms with Gasteiger partial charge in [0.1, 0.15) is 5.71 Å². The molecule has 8 heteroatoms. The molecule has 0 radical (unpaired) electrons. The van der Waals surface area contributed by atoms with E-state index in [0.29, 0.717) is 42.6 Å². The van der Waals surface area contributed by atoms with Crippen molar-refractivity contribution in [2.75, 3.05) is 37.9 Å². The summed E-state index contributed by atoms with van der Waals surface area (Å²) in [4.78, 5) is 27.7. The number of carbonyl (C=O) groups excluding carboxylic acids is 2. The van der Waals surface area contributed by atoms with Gasteiger partial charge in [-0.15, -0.1) is 0 Å². The Bertz CT molecular complexity index is 1000. The number of carbonyl (C=O) groups is 2. The molecule has 0 spiro atoms. The van der Waals surface area contributed by atoms with Gasteiger partial charge in [0, 0.05) is 37.5 Å². The molecule has 1 unspecified atom stereocenters. The second-order valence-electron chi connectivity index (χ2n) is 8.02. The Morgan fingerprint density at radius 3 is 2.62 bits per heavy atom. The molecule has 1 fully saturated rings. The highest BCUT2D eigenvalue weighted by Gasteiger charge is 2.28. The highest BCUT2D eigenvalue weighted by atomic mass is 35.5. The van der Waals surface area contributed by atoms with Crippen LogP contribution >= 0.6 is 11.6 Å². The summed E-state index contributed by atoms with van der Waals surface area (Å²) in [7, 11) is 0. The smallest absolute Gasteiger partial charge is 0.267 e. The number of nitrogens with zero attached hydrogens (tertiary/aromatic N) is 3. The van der Waals surface area contributed by atoms with Crippen molar-refractivity contribution in [1.82, 2.24) is 10.2 Å². The number of hydrazone groups is 1. The topological polar surface area (TPSA) is 74.2 Å². The molecule has 32 heavy (non-hydrogen) atoms. The molecule has 0 aliphatic carbocycles. The number of ether oxygens (including phenoxy) is 1. The fraction of sp³-hybridized carbons (Fsp3) is 0.375. The first-order chi connectivity index (χ1) is 15.5. The largest absolute Gasteiger partial charge is 0.379 e. The zero-order valence-corrected chi connectivity index (χ0v) is 18.8. The number of benzene rings is 2. The molecule has 7 nitrogen and oxygen atoms in total. The molecule has 2 aromatic carbocycles. The SMILES string of the molecule is Cc1cccc(N2N=C(C(=O)NCC(c3ccc(Cl)cc3)N3CCOCC3)CCC2=O)c1. The van der Waals surface area contributed by atoms with E-state index in [2.05, 4.69) is 15.3 Å². The molecule has 0 aromatic heterocycles. The van der Waals surface area contributed by atoms with Crippen molar-refractivity contribution in [3.63, 3.8) is 0 Å². The first-order valence-corrected chi connectivity index (χ1v) is 11.2. The van der Waals surface area contributed by atoms with Crippen molar-refractivity contribution < 1.29 is 14.3 Å². The summed E-state index contributed by atoms with van der Waals surface area (Å²) in [5, 5.41) is 9.44. The summed E-state index contributed by atoms with van der Waals surface area (Å²) >= 11 is 6.07. The maximum absolute atomic E-state index is 13.0. The van der Waals surface area contributed by atoms with Gasteiger partial charge in [0.25, 0.3) is 5.91 Å². The van der Waals surface area contributed by atoms with Gasteiger partial charge in [-0.2, -0.15) is 5.10 Å². The lowest BCUT2D eigenvalue weighted by molar-refractivity contribution is -0.119. The van der Waals surface area contributed by atoms with Crippen molar-refractivity contribution in [3.8, 4) is 0 Å². The number of nitrogens with one attached hydrogen (secondary N) is 1. The quantitative estimate of drug-likeness (QED) is 0.726. The van der Waals surface area contributed by atoms with Crippen LogP contribution < -0.4 is 10.3 Å². The molecule has 1 atom stereocenters. The molecule has 0 bridgehead atoms. The Morgan fingerprint density at radius 2 is 1.91 bits per heavy atom. The number of aryl methyl sites for hydroxylation is 1. The standard InChI is InChI=1S/C24H27ClN4O3/c1-17-3-2-4-20(15-17)29-23(30)10-9-21(27-29)24(31)26-16-22(28-11-13-32-14-12-28)18-5-7-19(25)8-6-18/h2-8,15,22H,9-14,16H2,1H3,(H,26,31). The van der Waals surface area contributed by atoms with Crippen LogP contribution in [-0.2, 0) is 14.3 Å². The molecule has 2 heterocycles. The Hall–Kier alpha value is -2.74. The third-order valence-corrected chi connectivity index (χ3v) is 5.99. The van der Waals surface area contributed by atoms with Gasteiger partial charge in [-0.25, -0.2) is 5.01 Å². The molecular weight excluding hydrogens is 428 g/mol. The van der Waals surface area contributed by atoms with E-state index in [1.165, 1.54) is 5.01 Å². The van der Waals surface area contributed by atoms with Crippen LogP contribution in [-0.4, -0.2) is 55.3 Å². The molecule has 0 saturated carbocycles. The Kier molecular flexibility index (Phi) is 7.19. The van der Waals surface area contributed by atoms with Gasteiger partial charge in [-0.3, -0.25) is 14.5 Å². The van der Waals surface area contributed by atoms with Crippen molar-refractivity contribution in [3.05, 3.63) is 64.7 Å². The third kappa shape index (κ3) is 5.35. The number of rotatable bonds is 6. The van der Waals surface area contributed by atoms with Gasteiger partial charge >= 0.3 is 0 Å². The minimum Gasteiger partial charge on any atom is -0.379 e. The fourth-order valence-electron chi connectivity index (χ4n) is 4.00. The summed E-state index contributed by atoms with van der Waals surface area (Å²) in [5.74, 6) is -0.359. The van der Waals surface area contributed by atoms with Crippen molar-refractivity contribution in [2.45, 2.75) is 25.8 Å². The van der Waals surface area contributed by atoms with Crippen LogP contribution in [0.1, 0.15) is 30.0 Å². The van der Waals surface area contributed by atoms with E-state index >= 15 is 0 Å². The summed E-state index contributed by atoms with van der Waals surface area (Å²) < 4.78 is 5.49. The predicted octanol–water partition coefficient (Wildman–Crippen LogP) is 3.32. The normalized spacial score (nSPS) is 18.2. The van der Waals surface area contributed by atoms with Crippen molar-refractivity contribution >= 4 is 34.8 Å². The van der Waals surface area contributed by atoms with E-state index in [1.54, 1.807) is 0 Å². The fourth-order valence-corrected chi connectivity index (χ4v) is 4.13. The average Bonchev–Trinajstić information content (AvgIpc) is 2.81. The van der Waals surface area contributed by atoms with Gasteiger partial charge in [0.15, 0.2) is 0 Å². The van der Waals surface area contributed by atoms with E-state index < -0.39 is 0 Å². The number of morpholine rings is 1. The Labute approximate surface area is 193 Å². The minimum atomic E-state index is -0.248. The second-order valence-corrected chi connectivity index (χ2v) is 8.45. The Morgan fingerprint density at radius 1 is 1.16 bits per heavy atom. The van der Waals surface area contributed by atoms with Crippen LogP contribution in [0.15, 0.2) is 53.6 Å². The highest BCUT2D eigenvalue weighted by Crippen LogP contribution is 2.24. The van der Waals surface area contributed by atoms with Crippen molar-refractivity contribution in [2.24, 2.45) is 5.10 Å². The van der Waals surface area contributed by atoms with Crippen LogP contribution in [0.3, 0.4) is 0 Å². The molecule has 2 amide bonds. The molecule has 2 aliphatic rings. The molecule has 168 valence electrons. The number of anilines is 1. The monoisotopic (exact) mass is 454 g/mol. The predicted molar refractivity (Wildman–Crippen MR) is 125 cm³/mol. The first kappa shape index (κ1) is 22.5. The first-order valence-electron chi connectivity index (χ1n) is 10.8. The van der Waals surface area contributed by atoms with Gasteiger partial charge in [-0.05, 0) is 42.3 Å². The summed E-state index contributed by atoms with van der Waals surface area (Å²) in [5.41, 5.74) is 3.15. The Balaban J connectivity index is 1.49.